The molecule has 0 spiro atoms. The first-order valence-electron chi connectivity index (χ1n) is 8.87. The van der Waals surface area contributed by atoms with Crippen molar-refractivity contribution in [2.75, 3.05) is 0 Å². The molecule has 0 aromatic carbocycles. The Bertz CT molecular complexity index is 882. The van der Waals surface area contributed by atoms with Gasteiger partial charge in [0.25, 0.3) is 11.8 Å². The number of sulfonamides is 2. The molecule has 0 saturated carbocycles. The molecule has 17 heteroatoms. The fraction of sp³-hybridized carbons (Fsp3) is 1.00. The van der Waals surface area contributed by atoms with Crippen molar-refractivity contribution in [1.82, 2.24) is 4.13 Å². The van der Waals surface area contributed by atoms with E-state index in [0.29, 0.717) is 4.13 Å². The van der Waals surface area contributed by atoms with E-state index < -0.39 is 64.6 Å². The molecule has 0 aliphatic rings. The lowest BCUT2D eigenvalue weighted by Gasteiger charge is -2.45. The van der Waals surface area contributed by atoms with Crippen molar-refractivity contribution < 1.29 is 60.7 Å². The van der Waals surface area contributed by atoms with E-state index in [1.165, 1.54) is 0 Å². The molecule has 0 saturated heterocycles. The summed E-state index contributed by atoms with van der Waals surface area (Å²) in [5.41, 5.74) is -8.11. The largest absolute Gasteiger partial charge is 0.399 e. The Balaban J connectivity index is 6.73. The SMILES string of the molecule is CC(C)(C(F)(F)F)C(F)(F)C(C)(C)S(=O)(=O)NS(=O)(=O)C(C)(C)C(F)(F)C(C)(C)C(F)(F)F. The van der Waals surface area contributed by atoms with Crippen molar-refractivity contribution in [3.63, 3.8) is 0 Å². The highest BCUT2D eigenvalue weighted by molar-refractivity contribution is 8.06. The predicted molar refractivity (Wildman–Crippen MR) is 98.7 cm³/mol. The van der Waals surface area contributed by atoms with Crippen LogP contribution in [0, 0.1) is 10.8 Å². The molecule has 0 aromatic rings. The topological polar surface area (TPSA) is 80.3 Å². The van der Waals surface area contributed by atoms with Crippen LogP contribution < -0.4 is 4.13 Å². The maximum absolute atomic E-state index is 14.8. The summed E-state index contributed by atoms with van der Waals surface area (Å²) in [6.07, 6.45) is -11.4. The summed E-state index contributed by atoms with van der Waals surface area (Å²) in [6, 6.07) is 0. The van der Waals surface area contributed by atoms with E-state index in [-0.39, 0.29) is 55.4 Å². The van der Waals surface area contributed by atoms with E-state index >= 15 is 0 Å². The van der Waals surface area contributed by atoms with Gasteiger partial charge in [-0.3, -0.25) is 0 Å². The lowest BCUT2D eigenvalue weighted by molar-refractivity contribution is -0.292. The van der Waals surface area contributed by atoms with Crippen molar-refractivity contribution in [1.29, 1.82) is 0 Å². The number of nitrogens with one attached hydrogen (secondary N) is 1. The smallest absolute Gasteiger partial charge is 0.211 e. The Kier molecular flexibility index (Phi) is 7.63. The van der Waals surface area contributed by atoms with E-state index in [4.69, 9.17) is 0 Å². The highest BCUT2D eigenvalue weighted by Crippen LogP contribution is 2.57. The maximum Gasteiger partial charge on any atom is 0.399 e. The van der Waals surface area contributed by atoms with Gasteiger partial charge in [0.2, 0.25) is 20.0 Å². The van der Waals surface area contributed by atoms with Crippen molar-refractivity contribution in [2.45, 2.75) is 89.1 Å². The lowest BCUT2D eigenvalue weighted by atomic mass is 9.78. The zero-order valence-corrected chi connectivity index (χ0v) is 20.4. The van der Waals surface area contributed by atoms with Crippen molar-refractivity contribution in [2.24, 2.45) is 10.8 Å². The lowest BCUT2D eigenvalue weighted by Crippen LogP contribution is -2.67. The van der Waals surface area contributed by atoms with Gasteiger partial charge in [0.1, 0.15) is 20.3 Å². The minimum absolute atomic E-state index is 0.0170. The number of hydrogen-bond donors (Lipinski definition) is 1. The highest BCUT2D eigenvalue weighted by Gasteiger charge is 2.75. The molecule has 0 rings (SSSR count). The minimum atomic E-state index is -6.15. The van der Waals surface area contributed by atoms with Gasteiger partial charge in [0, 0.05) is 0 Å². The first-order chi connectivity index (χ1) is 13.7. The summed E-state index contributed by atoms with van der Waals surface area (Å²) in [5, 5.41) is 0. The molecular formula is C16H25F10NO4S2. The van der Waals surface area contributed by atoms with Crippen LogP contribution in [0.15, 0.2) is 0 Å². The molecule has 33 heavy (non-hydrogen) atoms. The van der Waals surface area contributed by atoms with Gasteiger partial charge in [-0.2, -0.15) is 26.3 Å². The number of alkyl halides is 10. The van der Waals surface area contributed by atoms with Crippen molar-refractivity contribution >= 4 is 20.0 Å². The zero-order valence-electron chi connectivity index (χ0n) is 18.7. The van der Waals surface area contributed by atoms with E-state index in [9.17, 15) is 60.7 Å². The van der Waals surface area contributed by atoms with Crippen LogP contribution in [0.3, 0.4) is 0 Å². The van der Waals surface area contributed by atoms with Crippen LogP contribution in [0.5, 0.6) is 0 Å². The number of halogens is 10. The number of hydrogen-bond acceptors (Lipinski definition) is 4. The fourth-order valence-corrected chi connectivity index (χ4v) is 6.56. The summed E-state index contributed by atoms with van der Waals surface area (Å²) in [7, 11) is -12.3. The van der Waals surface area contributed by atoms with Gasteiger partial charge in [-0.1, -0.05) is 0 Å². The molecule has 0 bridgehead atoms. The van der Waals surface area contributed by atoms with E-state index in [2.05, 4.69) is 0 Å². The van der Waals surface area contributed by atoms with Crippen LogP contribution in [-0.4, -0.2) is 50.5 Å². The first-order valence-corrected chi connectivity index (χ1v) is 11.8. The Morgan fingerprint density at radius 2 is 0.636 bits per heavy atom. The van der Waals surface area contributed by atoms with Gasteiger partial charge in [-0.25, -0.2) is 34.4 Å². The molecule has 0 unspecified atom stereocenters. The second-order valence-corrected chi connectivity index (χ2v) is 14.2. The molecule has 0 atom stereocenters. The zero-order chi connectivity index (χ0) is 27.7. The third kappa shape index (κ3) is 4.45. The summed E-state index contributed by atoms with van der Waals surface area (Å²) in [5.74, 6) is -10.5. The van der Waals surface area contributed by atoms with Crippen molar-refractivity contribution in [3.05, 3.63) is 0 Å². The van der Waals surface area contributed by atoms with Gasteiger partial charge in [-0.05, 0) is 55.4 Å². The molecule has 0 aliphatic heterocycles. The van der Waals surface area contributed by atoms with Crippen LogP contribution in [0.2, 0.25) is 0 Å². The quantitative estimate of drug-likeness (QED) is 0.420. The van der Waals surface area contributed by atoms with E-state index in [1.807, 2.05) is 0 Å². The second kappa shape index (κ2) is 7.83. The molecule has 0 aromatic heterocycles. The molecule has 5 nitrogen and oxygen atoms in total. The molecule has 200 valence electrons. The monoisotopic (exact) mass is 549 g/mol. The van der Waals surface area contributed by atoms with E-state index in [0.717, 1.165) is 0 Å². The molecule has 0 heterocycles. The second-order valence-electron chi connectivity index (χ2n) is 9.51. The molecule has 1 N–H and O–H groups in total. The Morgan fingerprint density at radius 3 is 0.788 bits per heavy atom. The van der Waals surface area contributed by atoms with Gasteiger partial charge in [-0.15, -0.1) is 4.13 Å². The normalized spacial score (nSPS) is 16.8. The Labute approximate surface area is 185 Å². The van der Waals surface area contributed by atoms with Gasteiger partial charge in [0.15, 0.2) is 0 Å². The summed E-state index contributed by atoms with van der Waals surface area (Å²) in [4.78, 5) is 0. The third-order valence-corrected chi connectivity index (χ3v) is 11.0. The predicted octanol–water partition coefficient (Wildman–Crippen LogP) is 5.24. The number of rotatable bonds is 8. The van der Waals surface area contributed by atoms with Crippen molar-refractivity contribution in [3.8, 4) is 0 Å². The van der Waals surface area contributed by atoms with Crippen LogP contribution >= 0.6 is 0 Å². The molecule has 0 amide bonds. The van der Waals surface area contributed by atoms with Crippen LogP contribution in [0.25, 0.3) is 0 Å². The van der Waals surface area contributed by atoms with Crippen LogP contribution in [0.4, 0.5) is 43.9 Å². The standard InChI is InChI=1S/C16H25F10NO4S2/c1-9(2,15(21,22)23)13(17,18)11(5,6)32(28,29)27-33(30,31)12(7,8)14(19,20)10(3,4)16(24,25)26/h27H,1-8H3. The Morgan fingerprint density at radius 1 is 0.455 bits per heavy atom. The first kappa shape index (κ1) is 32.2. The van der Waals surface area contributed by atoms with Gasteiger partial charge >= 0.3 is 12.4 Å². The van der Waals surface area contributed by atoms with Crippen LogP contribution in [0.1, 0.15) is 55.4 Å². The van der Waals surface area contributed by atoms with E-state index in [1.54, 1.807) is 0 Å². The molecule has 0 aliphatic carbocycles. The van der Waals surface area contributed by atoms with Gasteiger partial charge < -0.3 is 0 Å². The minimum Gasteiger partial charge on any atom is -0.211 e. The third-order valence-electron chi connectivity index (χ3n) is 6.06. The summed E-state index contributed by atoms with van der Waals surface area (Å²) < 4.78 is 181. The van der Waals surface area contributed by atoms with Gasteiger partial charge in [0.05, 0.1) is 0 Å². The highest BCUT2D eigenvalue weighted by atomic mass is 32.3. The van der Waals surface area contributed by atoms with Crippen LogP contribution in [-0.2, 0) is 20.0 Å². The fourth-order valence-electron chi connectivity index (χ4n) is 2.55. The maximum atomic E-state index is 14.8. The summed E-state index contributed by atoms with van der Waals surface area (Å²) in [6.45, 7) is -0.199. The molecule has 0 radical (unpaired) electrons. The average molecular weight is 549 g/mol. The molecular weight excluding hydrogens is 524 g/mol. The summed E-state index contributed by atoms with van der Waals surface area (Å²) >= 11 is 0. The average Bonchev–Trinajstić information content (AvgIpc) is 2.50. The Hall–Kier alpha value is -0.840. The molecule has 0 fully saturated rings.